The molecule has 1 heterocycles. The molecule has 3 aromatic carbocycles. The minimum Gasteiger partial charge on any atom is -0.325 e. The summed E-state index contributed by atoms with van der Waals surface area (Å²) in [7, 11) is -3.63. The first kappa shape index (κ1) is 22.0. The number of nitrogens with one attached hydrogen (secondary N) is 2. The third-order valence-corrected chi connectivity index (χ3v) is 7.57. The standard InChI is InChI=1S/C24H25N3O4S/c1-17(28)25-22-8-4-5-9-23(22)26-24(29)19-12-14-27(15-13-19)32(30,31)21-11-10-18-6-2-3-7-20(18)16-21/h2-11,16,19H,12-15H2,1H3,(H,25,28)(H,26,29). The van der Waals surface area contributed by atoms with Crippen LogP contribution in [0.25, 0.3) is 10.8 Å². The van der Waals surface area contributed by atoms with Crippen LogP contribution in [-0.2, 0) is 19.6 Å². The van der Waals surface area contributed by atoms with Gasteiger partial charge in [0.15, 0.2) is 0 Å². The van der Waals surface area contributed by atoms with Crippen LogP contribution in [-0.4, -0.2) is 37.6 Å². The van der Waals surface area contributed by atoms with Crippen LogP contribution in [0.15, 0.2) is 71.6 Å². The maximum absolute atomic E-state index is 13.1. The number of fused-ring (bicyclic) bond motifs is 1. The molecule has 1 saturated heterocycles. The zero-order chi connectivity index (χ0) is 22.7. The number of amides is 2. The average molecular weight is 452 g/mol. The van der Waals surface area contributed by atoms with Crippen LogP contribution in [0.1, 0.15) is 19.8 Å². The number of para-hydroxylation sites is 2. The molecule has 0 atom stereocenters. The Hall–Kier alpha value is -3.23. The van der Waals surface area contributed by atoms with E-state index >= 15 is 0 Å². The number of piperidine rings is 1. The zero-order valence-electron chi connectivity index (χ0n) is 17.7. The summed E-state index contributed by atoms with van der Waals surface area (Å²) >= 11 is 0. The molecular weight excluding hydrogens is 426 g/mol. The lowest BCUT2D eigenvalue weighted by Crippen LogP contribution is -2.41. The van der Waals surface area contributed by atoms with Gasteiger partial charge in [-0.05, 0) is 47.9 Å². The number of rotatable bonds is 5. The van der Waals surface area contributed by atoms with E-state index in [1.54, 1.807) is 36.4 Å². The lowest BCUT2D eigenvalue weighted by atomic mass is 9.97. The van der Waals surface area contributed by atoms with Gasteiger partial charge in [0.25, 0.3) is 0 Å². The number of carbonyl (C=O) groups excluding carboxylic acids is 2. The van der Waals surface area contributed by atoms with E-state index in [9.17, 15) is 18.0 Å². The van der Waals surface area contributed by atoms with Crippen molar-refractivity contribution in [2.75, 3.05) is 23.7 Å². The van der Waals surface area contributed by atoms with E-state index < -0.39 is 10.0 Å². The van der Waals surface area contributed by atoms with Gasteiger partial charge in [0.2, 0.25) is 21.8 Å². The number of benzene rings is 3. The fraction of sp³-hybridized carbons (Fsp3) is 0.250. The molecular formula is C24H25N3O4S. The van der Waals surface area contributed by atoms with Crippen molar-refractivity contribution in [2.45, 2.75) is 24.7 Å². The minimum absolute atomic E-state index is 0.175. The summed E-state index contributed by atoms with van der Waals surface area (Å²) < 4.78 is 27.7. The summed E-state index contributed by atoms with van der Waals surface area (Å²) in [4.78, 5) is 24.4. The normalized spacial score (nSPS) is 15.4. The van der Waals surface area contributed by atoms with Gasteiger partial charge in [0.05, 0.1) is 16.3 Å². The highest BCUT2D eigenvalue weighted by Crippen LogP contribution is 2.28. The monoisotopic (exact) mass is 451 g/mol. The zero-order valence-corrected chi connectivity index (χ0v) is 18.6. The van der Waals surface area contributed by atoms with E-state index in [1.807, 2.05) is 30.3 Å². The van der Waals surface area contributed by atoms with Crippen LogP contribution in [0.5, 0.6) is 0 Å². The largest absolute Gasteiger partial charge is 0.325 e. The second-order valence-corrected chi connectivity index (χ2v) is 9.84. The lowest BCUT2D eigenvalue weighted by molar-refractivity contribution is -0.121. The molecule has 0 spiro atoms. The van der Waals surface area contributed by atoms with Crippen molar-refractivity contribution in [1.29, 1.82) is 0 Å². The van der Waals surface area contributed by atoms with Gasteiger partial charge in [-0.15, -0.1) is 0 Å². The Balaban J connectivity index is 1.42. The predicted octanol–water partition coefficient (Wildman–Crippen LogP) is 3.84. The Labute approximate surface area is 187 Å². The molecule has 8 heteroatoms. The number of sulfonamides is 1. The Morgan fingerprint density at radius 2 is 1.44 bits per heavy atom. The van der Waals surface area contributed by atoms with Crippen molar-refractivity contribution in [1.82, 2.24) is 4.31 Å². The van der Waals surface area contributed by atoms with Gasteiger partial charge in [-0.1, -0.05) is 42.5 Å². The van der Waals surface area contributed by atoms with Crippen molar-refractivity contribution < 1.29 is 18.0 Å². The van der Waals surface area contributed by atoms with Crippen LogP contribution in [0.2, 0.25) is 0 Å². The lowest BCUT2D eigenvalue weighted by Gasteiger charge is -2.30. The van der Waals surface area contributed by atoms with Crippen molar-refractivity contribution >= 4 is 44.0 Å². The van der Waals surface area contributed by atoms with Gasteiger partial charge in [-0.3, -0.25) is 9.59 Å². The number of hydrogen-bond donors (Lipinski definition) is 2. The van der Waals surface area contributed by atoms with E-state index in [1.165, 1.54) is 11.2 Å². The molecule has 0 bridgehead atoms. The molecule has 2 amide bonds. The highest BCUT2D eigenvalue weighted by atomic mass is 32.2. The van der Waals surface area contributed by atoms with E-state index in [0.29, 0.717) is 24.2 Å². The van der Waals surface area contributed by atoms with Crippen LogP contribution in [0.4, 0.5) is 11.4 Å². The highest BCUT2D eigenvalue weighted by molar-refractivity contribution is 7.89. The smallest absolute Gasteiger partial charge is 0.243 e. The fourth-order valence-corrected chi connectivity index (χ4v) is 5.47. The SMILES string of the molecule is CC(=O)Nc1ccccc1NC(=O)C1CCN(S(=O)(=O)c2ccc3ccccc3c2)CC1. The van der Waals surface area contributed by atoms with Crippen molar-refractivity contribution in [3.63, 3.8) is 0 Å². The molecule has 166 valence electrons. The topological polar surface area (TPSA) is 95.6 Å². The quantitative estimate of drug-likeness (QED) is 0.616. The van der Waals surface area contributed by atoms with Gasteiger partial charge < -0.3 is 10.6 Å². The van der Waals surface area contributed by atoms with E-state index in [2.05, 4.69) is 10.6 Å². The van der Waals surface area contributed by atoms with Crippen LogP contribution < -0.4 is 10.6 Å². The van der Waals surface area contributed by atoms with Gasteiger partial charge in [0.1, 0.15) is 0 Å². The highest BCUT2D eigenvalue weighted by Gasteiger charge is 2.32. The summed E-state index contributed by atoms with van der Waals surface area (Å²) in [6, 6.07) is 19.8. The van der Waals surface area contributed by atoms with Gasteiger partial charge in [-0.2, -0.15) is 4.31 Å². The first-order valence-electron chi connectivity index (χ1n) is 10.5. The van der Waals surface area contributed by atoms with Gasteiger partial charge in [-0.25, -0.2) is 8.42 Å². The van der Waals surface area contributed by atoms with Gasteiger partial charge >= 0.3 is 0 Å². The molecule has 0 saturated carbocycles. The van der Waals surface area contributed by atoms with Crippen LogP contribution >= 0.6 is 0 Å². The number of hydrogen-bond acceptors (Lipinski definition) is 4. The predicted molar refractivity (Wildman–Crippen MR) is 125 cm³/mol. The number of nitrogens with zero attached hydrogens (tertiary/aromatic N) is 1. The maximum atomic E-state index is 13.1. The summed E-state index contributed by atoms with van der Waals surface area (Å²) in [6.45, 7) is 1.96. The molecule has 0 aliphatic carbocycles. The molecule has 32 heavy (non-hydrogen) atoms. The van der Waals surface area contributed by atoms with Gasteiger partial charge in [0, 0.05) is 25.9 Å². The third kappa shape index (κ3) is 4.66. The molecule has 4 rings (SSSR count). The van der Waals surface area contributed by atoms with E-state index in [0.717, 1.165) is 10.8 Å². The Kier molecular flexibility index (Phi) is 6.25. The molecule has 1 fully saturated rings. The van der Waals surface area contributed by atoms with E-state index in [4.69, 9.17) is 0 Å². The number of carbonyl (C=O) groups is 2. The minimum atomic E-state index is -3.63. The van der Waals surface area contributed by atoms with Crippen LogP contribution in [0.3, 0.4) is 0 Å². The third-order valence-electron chi connectivity index (χ3n) is 5.68. The summed E-state index contributed by atoms with van der Waals surface area (Å²) in [6.07, 6.45) is 0.863. The Morgan fingerprint density at radius 1 is 0.844 bits per heavy atom. The Bertz CT molecular complexity index is 1260. The molecule has 1 aliphatic rings. The second kappa shape index (κ2) is 9.10. The summed E-state index contributed by atoms with van der Waals surface area (Å²) in [5.41, 5.74) is 1.06. The first-order chi connectivity index (χ1) is 15.3. The number of anilines is 2. The summed E-state index contributed by atoms with van der Waals surface area (Å²) in [5, 5.41) is 7.43. The van der Waals surface area contributed by atoms with Crippen molar-refractivity contribution in [3.8, 4) is 0 Å². The first-order valence-corrected chi connectivity index (χ1v) is 11.9. The van der Waals surface area contributed by atoms with E-state index in [-0.39, 0.29) is 35.7 Å². The molecule has 2 N–H and O–H groups in total. The van der Waals surface area contributed by atoms with Crippen molar-refractivity contribution in [2.24, 2.45) is 5.92 Å². The average Bonchev–Trinajstić information content (AvgIpc) is 2.79. The fourth-order valence-electron chi connectivity index (χ4n) is 3.96. The molecule has 7 nitrogen and oxygen atoms in total. The molecule has 0 aromatic heterocycles. The van der Waals surface area contributed by atoms with Crippen molar-refractivity contribution in [3.05, 3.63) is 66.7 Å². The summed E-state index contributed by atoms with van der Waals surface area (Å²) in [5.74, 6) is -0.701. The van der Waals surface area contributed by atoms with Crippen LogP contribution in [0, 0.1) is 5.92 Å². The molecule has 1 aliphatic heterocycles. The molecule has 0 radical (unpaired) electrons. The molecule has 0 unspecified atom stereocenters. The Morgan fingerprint density at radius 3 is 2.09 bits per heavy atom. The maximum Gasteiger partial charge on any atom is 0.243 e. The second-order valence-electron chi connectivity index (χ2n) is 7.90. The molecule has 3 aromatic rings.